The number of alkyl halides is 3. The lowest BCUT2D eigenvalue weighted by atomic mass is 10.1. The first-order chi connectivity index (χ1) is 16.3. The molecule has 1 aliphatic heterocycles. The molecule has 1 saturated carbocycles. The number of benzene rings is 2. The maximum Gasteiger partial charge on any atom is 0.471 e. The molecular weight excluding hydrogens is 512 g/mol. The van der Waals surface area contributed by atoms with Gasteiger partial charge >= 0.3 is 12.1 Å². The van der Waals surface area contributed by atoms with Gasteiger partial charge in [-0.2, -0.15) is 25.7 Å². The SMILES string of the molecule is Cc1ccc(S(=O)(=O)n2nc(N3CCN(C(=O)C(F)(F)F)CC34CC4)c3c(Cl)cc(F)cc32)cc1. The molecular formula is C22H19ClF4N4O3S. The van der Waals surface area contributed by atoms with E-state index in [0.717, 1.165) is 22.6 Å². The van der Waals surface area contributed by atoms with E-state index in [2.05, 4.69) is 5.10 Å². The molecule has 0 N–H and O–H groups in total. The molecule has 1 saturated heterocycles. The summed E-state index contributed by atoms with van der Waals surface area (Å²) in [6, 6.07) is 8.07. The maximum atomic E-state index is 14.3. The summed E-state index contributed by atoms with van der Waals surface area (Å²) < 4.78 is 80.9. The van der Waals surface area contributed by atoms with Gasteiger partial charge in [0.05, 0.1) is 26.4 Å². The summed E-state index contributed by atoms with van der Waals surface area (Å²) in [4.78, 5) is 14.2. The first-order valence-corrected chi connectivity index (χ1v) is 12.5. The molecule has 1 amide bonds. The van der Waals surface area contributed by atoms with E-state index in [1.807, 2.05) is 0 Å². The van der Waals surface area contributed by atoms with Gasteiger partial charge in [0.1, 0.15) is 5.82 Å². The van der Waals surface area contributed by atoms with E-state index in [1.165, 1.54) is 12.1 Å². The van der Waals surface area contributed by atoms with Gasteiger partial charge in [0, 0.05) is 25.7 Å². The van der Waals surface area contributed by atoms with Crippen LogP contribution in [0.25, 0.3) is 10.9 Å². The number of amides is 1. The van der Waals surface area contributed by atoms with E-state index in [0.29, 0.717) is 16.9 Å². The summed E-state index contributed by atoms with van der Waals surface area (Å²) in [5.74, 6) is -2.56. The van der Waals surface area contributed by atoms with Gasteiger partial charge < -0.3 is 9.80 Å². The Bertz CT molecular complexity index is 1450. The van der Waals surface area contributed by atoms with Crippen molar-refractivity contribution in [3.8, 4) is 0 Å². The zero-order chi connectivity index (χ0) is 25.3. The largest absolute Gasteiger partial charge is 0.471 e. The van der Waals surface area contributed by atoms with Crippen LogP contribution in [0.5, 0.6) is 0 Å². The van der Waals surface area contributed by atoms with Crippen LogP contribution < -0.4 is 4.90 Å². The Hall–Kier alpha value is -2.86. The van der Waals surface area contributed by atoms with Crippen molar-refractivity contribution in [2.24, 2.45) is 0 Å². The van der Waals surface area contributed by atoms with E-state index >= 15 is 0 Å². The van der Waals surface area contributed by atoms with Gasteiger partial charge in [0.15, 0.2) is 5.82 Å². The number of aryl methyl sites for hydroxylation is 1. The van der Waals surface area contributed by atoms with Crippen molar-refractivity contribution in [1.82, 2.24) is 14.1 Å². The minimum Gasteiger partial charge on any atom is -0.345 e. The molecule has 2 aromatic carbocycles. The number of fused-ring (bicyclic) bond motifs is 1. The van der Waals surface area contributed by atoms with Gasteiger partial charge in [-0.25, -0.2) is 4.39 Å². The first kappa shape index (κ1) is 23.9. The van der Waals surface area contributed by atoms with Gasteiger partial charge in [-0.1, -0.05) is 29.3 Å². The number of carbonyl (C=O) groups is 1. The molecule has 0 radical (unpaired) electrons. The van der Waals surface area contributed by atoms with E-state index in [9.17, 15) is 30.8 Å². The summed E-state index contributed by atoms with van der Waals surface area (Å²) in [5.41, 5.74) is -0.0856. The third-order valence-corrected chi connectivity index (χ3v) is 8.36. The number of carbonyl (C=O) groups excluding carboxylic acids is 1. The molecule has 0 atom stereocenters. The van der Waals surface area contributed by atoms with Gasteiger partial charge in [-0.15, -0.1) is 5.10 Å². The summed E-state index contributed by atoms with van der Waals surface area (Å²) >= 11 is 6.34. The van der Waals surface area contributed by atoms with Crippen LogP contribution in [0, 0.1) is 12.7 Å². The Kier molecular flexibility index (Phi) is 5.33. The molecule has 1 spiro atoms. The van der Waals surface area contributed by atoms with Crippen LogP contribution in [0.3, 0.4) is 0 Å². The van der Waals surface area contributed by atoms with Gasteiger partial charge in [0.2, 0.25) is 0 Å². The molecule has 7 nitrogen and oxygen atoms in total. The van der Waals surface area contributed by atoms with Crippen LogP contribution in [0.15, 0.2) is 41.3 Å². The standard InChI is InChI=1S/C22H19ClF4N4O3S/c1-13-2-4-15(5-3-13)35(33,34)31-17-11-14(24)10-16(23)18(17)19(28-31)30-9-8-29(12-21(30)6-7-21)20(32)22(25,26)27/h2-5,10-11H,6-9,12H2,1H3. The highest BCUT2D eigenvalue weighted by Gasteiger charge is 2.56. The normalized spacial score (nSPS) is 17.9. The molecule has 2 fully saturated rings. The summed E-state index contributed by atoms with van der Waals surface area (Å²) in [5, 5.41) is 4.41. The predicted octanol–water partition coefficient (Wildman–Crippen LogP) is 4.12. The number of nitrogens with zero attached hydrogens (tertiary/aromatic N) is 4. The lowest BCUT2D eigenvalue weighted by Gasteiger charge is -2.42. The number of rotatable bonds is 3. The Labute approximate surface area is 202 Å². The van der Waals surface area contributed by atoms with Crippen molar-refractivity contribution in [2.45, 2.75) is 36.4 Å². The molecule has 1 aromatic heterocycles. The molecule has 35 heavy (non-hydrogen) atoms. The van der Waals surface area contributed by atoms with Crippen LogP contribution in [0.2, 0.25) is 5.02 Å². The average molecular weight is 531 g/mol. The number of hydrogen-bond donors (Lipinski definition) is 0. The summed E-state index contributed by atoms with van der Waals surface area (Å²) in [6.45, 7) is 1.35. The second-order valence-electron chi connectivity index (χ2n) is 8.87. The second-order valence-corrected chi connectivity index (χ2v) is 11.0. The van der Waals surface area contributed by atoms with Crippen molar-refractivity contribution >= 4 is 44.3 Å². The quantitative estimate of drug-likeness (QED) is 0.476. The highest BCUT2D eigenvalue weighted by molar-refractivity contribution is 7.90. The Balaban J connectivity index is 1.63. The van der Waals surface area contributed by atoms with Crippen LogP contribution in [0.4, 0.5) is 23.4 Å². The Morgan fingerprint density at radius 3 is 2.37 bits per heavy atom. The Morgan fingerprint density at radius 2 is 1.77 bits per heavy atom. The number of hydrogen-bond acceptors (Lipinski definition) is 5. The fourth-order valence-corrected chi connectivity index (χ4v) is 6.09. The number of aromatic nitrogens is 2. The fourth-order valence-electron chi connectivity index (χ4n) is 4.54. The van der Waals surface area contributed by atoms with E-state index in [-0.39, 0.29) is 46.3 Å². The third kappa shape index (κ3) is 3.92. The molecule has 186 valence electrons. The van der Waals surface area contributed by atoms with Crippen molar-refractivity contribution < 1.29 is 30.8 Å². The Morgan fingerprint density at radius 1 is 1.11 bits per heavy atom. The monoisotopic (exact) mass is 530 g/mol. The van der Waals surface area contributed by atoms with E-state index in [1.54, 1.807) is 24.0 Å². The minimum absolute atomic E-state index is 0.0216. The van der Waals surface area contributed by atoms with Crippen LogP contribution in [-0.2, 0) is 14.8 Å². The van der Waals surface area contributed by atoms with Crippen molar-refractivity contribution in [2.75, 3.05) is 24.5 Å². The highest BCUT2D eigenvalue weighted by Crippen LogP contribution is 2.49. The van der Waals surface area contributed by atoms with Crippen molar-refractivity contribution in [3.63, 3.8) is 0 Å². The van der Waals surface area contributed by atoms with Gasteiger partial charge in [0.25, 0.3) is 10.0 Å². The van der Waals surface area contributed by atoms with Gasteiger partial charge in [-0.05, 0) is 38.0 Å². The van der Waals surface area contributed by atoms with E-state index in [4.69, 9.17) is 11.6 Å². The highest BCUT2D eigenvalue weighted by atomic mass is 35.5. The van der Waals surface area contributed by atoms with E-state index < -0.39 is 33.5 Å². The molecule has 0 bridgehead atoms. The zero-order valence-corrected chi connectivity index (χ0v) is 19.9. The molecule has 13 heteroatoms. The van der Waals surface area contributed by atoms with Crippen LogP contribution in [-0.4, -0.2) is 59.8 Å². The number of halogens is 5. The van der Waals surface area contributed by atoms with Crippen molar-refractivity contribution in [1.29, 1.82) is 0 Å². The molecule has 5 rings (SSSR count). The first-order valence-electron chi connectivity index (χ1n) is 10.7. The topological polar surface area (TPSA) is 75.5 Å². The van der Waals surface area contributed by atoms with Gasteiger partial charge in [-0.3, -0.25) is 4.79 Å². The smallest absolute Gasteiger partial charge is 0.345 e. The maximum absolute atomic E-state index is 14.3. The second kappa shape index (κ2) is 7.82. The predicted molar refractivity (Wildman–Crippen MR) is 120 cm³/mol. The third-order valence-electron chi connectivity index (χ3n) is 6.46. The van der Waals surface area contributed by atoms with Crippen molar-refractivity contribution in [3.05, 3.63) is 52.8 Å². The lowest BCUT2D eigenvalue weighted by Crippen LogP contribution is -2.59. The average Bonchev–Trinajstić information content (AvgIpc) is 3.42. The lowest BCUT2D eigenvalue weighted by molar-refractivity contribution is -0.186. The molecule has 2 heterocycles. The molecule has 2 aliphatic rings. The summed E-state index contributed by atoms with van der Waals surface area (Å²) in [6.07, 6.45) is -4.03. The minimum atomic E-state index is -4.99. The summed E-state index contributed by atoms with van der Waals surface area (Å²) in [7, 11) is -4.25. The van der Waals surface area contributed by atoms with Crippen LogP contribution >= 0.6 is 11.6 Å². The van der Waals surface area contributed by atoms with Crippen LogP contribution in [0.1, 0.15) is 18.4 Å². The number of piperazine rings is 1. The fraction of sp³-hybridized carbons (Fsp3) is 0.364. The molecule has 0 unspecified atom stereocenters. The number of anilines is 1. The molecule has 3 aromatic rings. The molecule has 1 aliphatic carbocycles. The zero-order valence-electron chi connectivity index (χ0n) is 18.3.